The van der Waals surface area contributed by atoms with E-state index in [9.17, 15) is 9.90 Å². The molecule has 1 aliphatic carbocycles. The topological polar surface area (TPSA) is 61.4 Å². The average Bonchev–Trinajstić information content (AvgIpc) is 2.90. The van der Waals surface area contributed by atoms with Crippen LogP contribution >= 0.6 is 0 Å². The molecule has 0 aliphatic heterocycles. The molecular formula is C13H12N2O2. The summed E-state index contributed by atoms with van der Waals surface area (Å²) in [6, 6.07) is 8.76. The maximum Gasteiger partial charge on any atom is 0.269 e. The molecule has 4 nitrogen and oxygen atoms in total. The number of rotatable bonds is 3. The number of hydrazine groups is 1. The molecule has 17 heavy (non-hydrogen) atoms. The predicted octanol–water partition coefficient (Wildman–Crippen LogP) is 1.82. The van der Waals surface area contributed by atoms with E-state index in [1.165, 1.54) is 0 Å². The van der Waals surface area contributed by atoms with E-state index in [2.05, 4.69) is 10.9 Å². The third-order valence-corrected chi connectivity index (χ3v) is 2.27. The van der Waals surface area contributed by atoms with Crippen LogP contribution in [0.1, 0.15) is 10.4 Å². The molecule has 86 valence electrons. The first-order valence-electron chi connectivity index (χ1n) is 5.17. The summed E-state index contributed by atoms with van der Waals surface area (Å²) in [6.07, 6.45) is 7.06. The quantitative estimate of drug-likeness (QED) is 0.546. The van der Waals surface area contributed by atoms with Crippen molar-refractivity contribution in [2.45, 2.75) is 0 Å². The average molecular weight is 228 g/mol. The third kappa shape index (κ3) is 2.75. The van der Waals surface area contributed by atoms with Crippen molar-refractivity contribution in [1.29, 1.82) is 0 Å². The van der Waals surface area contributed by atoms with Crippen molar-refractivity contribution in [3.05, 3.63) is 71.7 Å². The van der Waals surface area contributed by atoms with Crippen LogP contribution in [-0.4, -0.2) is 11.0 Å². The zero-order chi connectivity index (χ0) is 12.1. The minimum Gasteiger partial charge on any atom is -0.493 e. The number of aliphatic hydroxyl groups is 1. The van der Waals surface area contributed by atoms with Crippen molar-refractivity contribution in [3.63, 3.8) is 0 Å². The molecule has 0 aromatic heterocycles. The van der Waals surface area contributed by atoms with Crippen LogP contribution in [0, 0.1) is 0 Å². The van der Waals surface area contributed by atoms with E-state index in [-0.39, 0.29) is 11.8 Å². The fourth-order valence-corrected chi connectivity index (χ4v) is 1.38. The van der Waals surface area contributed by atoms with Gasteiger partial charge in [0.1, 0.15) is 0 Å². The van der Waals surface area contributed by atoms with Crippen molar-refractivity contribution >= 4 is 5.91 Å². The second kappa shape index (κ2) is 5.03. The zero-order valence-electron chi connectivity index (χ0n) is 9.05. The van der Waals surface area contributed by atoms with Crippen molar-refractivity contribution in [1.82, 2.24) is 10.9 Å². The van der Waals surface area contributed by atoms with E-state index in [1.54, 1.807) is 48.6 Å². The van der Waals surface area contributed by atoms with Crippen LogP contribution in [0.3, 0.4) is 0 Å². The highest BCUT2D eigenvalue weighted by Gasteiger charge is 2.06. The Kier molecular flexibility index (Phi) is 3.25. The van der Waals surface area contributed by atoms with Gasteiger partial charge < -0.3 is 5.11 Å². The molecule has 0 atom stereocenters. The lowest BCUT2D eigenvalue weighted by atomic mass is 10.2. The Hall–Kier alpha value is -2.49. The molecule has 3 N–H and O–H groups in total. The molecule has 4 heteroatoms. The summed E-state index contributed by atoms with van der Waals surface area (Å²) < 4.78 is 0. The SMILES string of the molecule is O=C(NNC(O)=C1C=CC=C1)c1ccccc1. The zero-order valence-corrected chi connectivity index (χ0v) is 9.05. The van der Waals surface area contributed by atoms with Crippen molar-refractivity contribution < 1.29 is 9.90 Å². The maximum atomic E-state index is 11.6. The van der Waals surface area contributed by atoms with Crippen LogP contribution in [-0.2, 0) is 0 Å². The Bertz CT molecular complexity index is 487. The van der Waals surface area contributed by atoms with Gasteiger partial charge in [0.25, 0.3) is 5.91 Å². The van der Waals surface area contributed by atoms with Gasteiger partial charge in [-0.2, -0.15) is 0 Å². The highest BCUT2D eigenvalue weighted by molar-refractivity contribution is 5.93. The maximum absolute atomic E-state index is 11.6. The standard InChI is InChI=1S/C13H12N2O2/c16-12(10-6-2-1-3-7-10)14-15-13(17)11-8-4-5-9-11/h1-9,15,17H,(H,14,16). The largest absolute Gasteiger partial charge is 0.493 e. The molecule has 1 aromatic rings. The number of hydrogen-bond donors (Lipinski definition) is 3. The molecule has 0 fully saturated rings. The number of nitrogens with one attached hydrogen (secondary N) is 2. The van der Waals surface area contributed by atoms with Gasteiger partial charge in [-0.1, -0.05) is 30.4 Å². The van der Waals surface area contributed by atoms with Crippen LogP contribution in [0.15, 0.2) is 66.1 Å². The Labute approximate surface area is 98.9 Å². The molecular weight excluding hydrogens is 216 g/mol. The highest BCUT2D eigenvalue weighted by Crippen LogP contribution is 2.08. The van der Waals surface area contributed by atoms with Crippen LogP contribution in [0.2, 0.25) is 0 Å². The van der Waals surface area contributed by atoms with Gasteiger partial charge >= 0.3 is 0 Å². The molecule has 0 saturated heterocycles. The minimum absolute atomic E-state index is 0.0840. The minimum atomic E-state index is -0.302. The molecule has 0 bridgehead atoms. The van der Waals surface area contributed by atoms with Gasteiger partial charge in [-0.05, 0) is 24.3 Å². The first-order valence-corrected chi connectivity index (χ1v) is 5.17. The first-order chi connectivity index (χ1) is 8.27. The van der Waals surface area contributed by atoms with E-state index in [0.717, 1.165) is 0 Å². The van der Waals surface area contributed by atoms with Crippen molar-refractivity contribution in [2.75, 3.05) is 0 Å². The summed E-state index contributed by atoms with van der Waals surface area (Å²) in [5, 5.41) is 9.60. The van der Waals surface area contributed by atoms with Gasteiger partial charge in [0.15, 0.2) is 0 Å². The number of carbonyl (C=O) groups excluding carboxylic acids is 1. The number of benzene rings is 1. The van der Waals surface area contributed by atoms with Crippen molar-refractivity contribution in [3.8, 4) is 0 Å². The summed E-state index contributed by atoms with van der Waals surface area (Å²) in [5.74, 6) is -0.386. The Balaban J connectivity index is 1.95. The molecule has 1 amide bonds. The number of carbonyl (C=O) groups is 1. The molecule has 0 spiro atoms. The Morgan fingerprint density at radius 1 is 1.00 bits per heavy atom. The van der Waals surface area contributed by atoms with Gasteiger partial charge in [0, 0.05) is 11.1 Å². The molecule has 0 saturated carbocycles. The van der Waals surface area contributed by atoms with Crippen LogP contribution in [0.5, 0.6) is 0 Å². The van der Waals surface area contributed by atoms with E-state index < -0.39 is 0 Å². The number of hydrogen-bond acceptors (Lipinski definition) is 3. The third-order valence-electron chi connectivity index (χ3n) is 2.27. The predicted molar refractivity (Wildman–Crippen MR) is 65.0 cm³/mol. The Morgan fingerprint density at radius 3 is 2.29 bits per heavy atom. The Morgan fingerprint density at radius 2 is 1.65 bits per heavy atom. The van der Waals surface area contributed by atoms with Crippen LogP contribution in [0.25, 0.3) is 0 Å². The number of amides is 1. The summed E-state index contributed by atoms with van der Waals surface area (Å²) in [7, 11) is 0. The van der Waals surface area contributed by atoms with Gasteiger partial charge in [-0.25, -0.2) is 0 Å². The fourth-order valence-electron chi connectivity index (χ4n) is 1.38. The molecule has 0 unspecified atom stereocenters. The molecule has 2 rings (SSSR count). The molecule has 0 radical (unpaired) electrons. The highest BCUT2D eigenvalue weighted by atomic mass is 16.3. The normalized spacial score (nSPS) is 12.6. The van der Waals surface area contributed by atoms with E-state index in [4.69, 9.17) is 0 Å². The summed E-state index contributed by atoms with van der Waals surface area (Å²) in [5.41, 5.74) is 6.01. The second-order valence-electron chi connectivity index (χ2n) is 3.47. The summed E-state index contributed by atoms with van der Waals surface area (Å²) in [6.45, 7) is 0. The van der Waals surface area contributed by atoms with Gasteiger partial charge in [-0.15, -0.1) is 0 Å². The van der Waals surface area contributed by atoms with Gasteiger partial charge in [-0.3, -0.25) is 15.6 Å². The number of aliphatic hydroxyl groups excluding tert-OH is 1. The van der Waals surface area contributed by atoms with Crippen LogP contribution < -0.4 is 10.9 Å². The smallest absolute Gasteiger partial charge is 0.269 e. The lowest BCUT2D eigenvalue weighted by Gasteiger charge is -2.08. The van der Waals surface area contributed by atoms with Crippen molar-refractivity contribution in [2.24, 2.45) is 0 Å². The summed E-state index contributed by atoms with van der Waals surface area (Å²) in [4.78, 5) is 11.6. The van der Waals surface area contributed by atoms with Crippen LogP contribution in [0.4, 0.5) is 0 Å². The van der Waals surface area contributed by atoms with E-state index in [0.29, 0.717) is 11.1 Å². The lowest BCUT2D eigenvalue weighted by Crippen LogP contribution is -2.37. The van der Waals surface area contributed by atoms with Gasteiger partial charge in [0.05, 0.1) is 0 Å². The summed E-state index contributed by atoms with van der Waals surface area (Å²) >= 11 is 0. The molecule has 1 aromatic carbocycles. The fraction of sp³-hybridized carbons (Fsp3) is 0. The van der Waals surface area contributed by atoms with E-state index >= 15 is 0 Å². The lowest BCUT2D eigenvalue weighted by molar-refractivity contribution is 0.0928. The number of allylic oxidation sites excluding steroid dienone is 5. The monoisotopic (exact) mass is 228 g/mol. The molecule has 0 heterocycles. The molecule has 1 aliphatic rings. The van der Waals surface area contributed by atoms with E-state index in [1.807, 2.05) is 6.07 Å². The first kappa shape index (κ1) is 11.0. The second-order valence-corrected chi connectivity index (χ2v) is 3.47. The van der Waals surface area contributed by atoms with Gasteiger partial charge in [0.2, 0.25) is 5.88 Å².